The number of carbonyl (C=O) groups excluding carboxylic acids is 4. The van der Waals surface area contributed by atoms with Crippen LogP contribution in [0.15, 0.2) is 97.1 Å². The van der Waals surface area contributed by atoms with Crippen LogP contribution in [-0.4, -0.2) is 73.8 Å². The van der Waals surface area contributed by atoms with Gasteiger partial charge in [-0.15, -0.1) is 0 Å². The highest BCUT2D eigenvalue weighted by atomic mass is 16.6. The second-order valence-corrected chi connectivity index (χ2v) is 15.8. The molecule has 0 spiro atoms. The Morgan fingerprint density at radius 3 is 1.74 bits per heavy atom. The lowest BCUT2D eigenvalue weighted by Crippen LogP contribution is -2.53. The van der Waals surface area contributed by atoms with Crippen LogP contribution in [0, 0.1) is 0 Å². The quantitative estimate of drug-likeness (QED) is 0.0921. The van der Waals surface area contributed by atoms with Gasteiger partial charge in [0.1, 0.15) is 19.3 Å². The lowest BCUT2D eigenvalue weighted by Gasteiger charge is -2.34. The van der Waals surface area contributed by atoms with E-state index in [0.29, 0.717) is 39.1 Å². The molecule has 1 heterocycles. The van der Waals surface area contributed by atoms with E-state index in [9.17, 15) is 19.2 Å². The molecule has 2 unspecified atom stereocenters. The van der Waals surface area contributed by atoms with Crippen molar-refractivity contribution < 1.29 is 28.7 Å². The van der Waals surface area contributed by atoms with Gasteiger partial charge in [0.15, 0.2) is 0 Å². The van der Waals surface area contributed by atoms with E-state index in [-0.39, 0.29) is 36.3 Å². The molecule has 2 aliphatic carbocycles. The average molecular weight is 785 g/mol. The molecule has 4 amide bonds. The molecule has 1 aliphatic heterocycles. The van der Waals surface area contributed by atoms with E-state index < -0.39 is 18.2 Å². The van der Waals surface area contributed by atoms with E-state index in [1.807, 2.05) is 55.5 Å². The van der Waals surface area contributed by atoms with Crippen LogP contribution in [0.1, 0.15) is 105 Å². The zero-order valence-corrected chi connectivity index (χ0v) is 33.6. The van der Waals surface area contributed by atoms with Crippen LogP contribution in [0.2, 0.25) is 0 Å². The highest BCUT2D eigenvalue weighted by Crippen LogP contribution is 2.45. The second kappa shape index (κ2) is 19.7. The Morgan fingerprint density at radius 1 is 0.638 bits per heavy atom. The lowest BCUT2D eigenvalue weighted by molar-refractivity contribution is -0.127. The first kappa shape index (κ1) is 40.6. The molecule has 1 saturated heterocycles. The van der Waals surface area contributed by atoms with Crippen LogP contribution in [0.4, 0.5) is 9.59 Å². The fourth-order valence-electron chi connectivity index (χ4n) is 8.83. The lowest BCUT2D eigenvalue weighted by atomic mass is 9.98. The molecule has 4 aromatic carbocycles. The van der Waals surface area contributed by atoms with Gasteiger partial charge in [0, 0.05) is 43.9 Å². The number of rotatable bonds is 17. The summed E-state index contributed by atoms with van der Waals surface area (Å²) >= 11 is 0. The Morgan fingerprint density at radius 2 is 1.16 bits per heavy atom. The fourth-order valence-corrected chi connectivity index (χ4v) is 8.83. The fraction of sp³-hybridized carbons (Fsp3) is 0.417. The van der Waals surface area contributed by atoms with Crippen LogP contribution >= 0.6 is 0 Å². The number of piperidine rings is 1. The first-order valence-electron chi connectivity index (χ1n) is 21.2. The molecule has 0 saturated carbocycles. The van der Waals surface area contributed by atoms with Crippen LogP contribution in [0.3, 0.4) is 0 Å². The summed E-state index contributed by atoms with van der Waals surface area (Å²) in [5, 5.41) is 8.98. The minimum atomic E-state index is -0.546. The van der Waals surface area contributed by atoms with Gasteiger partial charge < -0.3 is 25.4 Å². The van der Waals surface area contributed by atoms with Crippen molar-refractivity contribution in [3.63, 3.8) is 0 Å². The number of amides is 4. The van der Waals surface area contributed by atoms with E-state index in [1.54, 1.807) is 4.90 Å². The molecule has 3 aliphatic rings. The van der Waals surface area contributed by atoms with Crippen LogP contribution in [0.25, 0.3) is 22.3 Å². The number of nitrogens with one attached hydrogen (secondary N) is 3. The Hall–Kier alpha value is -5.64. The predicted molar refractivity (Wildman–Crippen MR) is 225 cm³/mol. The predicted octanol–water partition coefficient (Wildman–Crippen LogP) is 8.68. The van der Waals surface area contributed by atoms with Gasteiger partial charge in [0.05, 0.1) is 0 Å². The summed E-state index contributed by atoms with van der Waals surface area (Å²) < 4.78 is 11.5. The third-order valence-corrected chi connectivity index (χ3v) is 11.8. The summed E-state index contributed by atoms with van der Waals surface area (Å²) in [5.41, 5.74) is 9.45. The molecule has 7 rings (SSSR count). The van der Waals surface area contributed by atoms with Crippen molar-refractivity contribution in [1.29, 1.82) is 0 Å². The zero-order valence-electron chi connectivity index (χ0n) is 33.6. The molecule has 10 heteroatoms. The molecule has 0 bridgehead atoms. The van der Waals surface area contributed by atoms with Gasteiger partial charge >= 0.3 is 12.2 Å². The molecule has 2 atom stereocenters. The summed E-state index contributed by atoms with van der Waals surface area (Å²) in [7, 11) is 0. The standard InChI is InChI=1S/C48H56N4O6/c1-33(51-46(54)44-26-13-16-30-52(44)48(56)58-32-43-40-24-10-6-20-36(40)37-21-7-11-25-41(37)43)17-12-15-28-49-45(53)27-3-2-14-29-50-47(55)57-31-42-38-22-8-4-18-34(38)35-19-5-9-23-39(35)42/h4-11,18-25,33,42-44H,2-3,12-17,26-32H2,1H3,(H,49,53)(H,50,55)(H,51,54). The molecule has 10 nitrogen and oxygen atoms in total. The average Bonchev–Trinajstić information content (AvgIpc) is 3.75. The van der Waals surface area contributed by atoms with E-state index in [1.165, 1.54) is 33.4 Å². The molecular formula is C48H56N4O6. The van der Waals surface area contributed by atoms with Crippen molar-refractivity contribution in [3.05, 3.63) is 119 Å². The summed E-state index contributed by atoms with van der Waals surface area (Å²) in [4.78, 5) is 53.2. The maximum atomic E-state index is 13.4. The summed E-state index contributed by atoms with van der Waals surface area (Å²) in [5.74, 6) is -0.111. The molecule has 304 valence electrons. The summed E-state index contributed by atoms with van der Waals surface area (Å²) in [6.45, 7) is 4.09. The Labute approximate surface area is 342 Å². The normalized spacial score (nSPS) is 16.0. The van der Waals surface area contributed by atoms with Crippen molar-refractivity contribution in [1.82, 2.24) is 20.9 Å². The Kier molecular flexibility index (Phi) is 13.8. The molecule has 4 aromatic rings. The van der Waals surface area contributed by atoms with E-state index in [4.69, 9.17) is 9.47 Å². The van der Waals surface area contributed by atoms with Gasteiger partial charge in [-0.3, -0.25) is 14.5 Å². The highest BCUT2D eigenvalue weighted by molar-refractivity contribution is 5.86. The first-order chi connectivity index (χ1) is 28.4. The molecule has 58 heavy (non-hydrogen) atoms. The van der Waals surface area contributed by atoms with Crippen LogP contribution in [0.5, 0.6) is 0 Å². The minimum absolute atomic E-state index is 0.0245. The SMILES string of the molecule is CC(CCCCNC(=O)CCCCCNC(=O)OCC1c2ccccc2-c2ccccc21)NC(=O)C1CCCCN1C(=O)OCC1c2ccccc2-c2ccccc21. The number of unbranched alkanes of at least 4 members (excludes halogenated alkanes) is 3. The minimum Gasteiger partial charge on any atom is -0.449 e. The monoisotopic (exact) mass is 784 g/mol. The third-order valence-electron chi connectivity index (χ3n) is 11.8. The molecule has 0 radical (unpaired) electrons. The molecular weight excluding hydrogens is 729 g/mol. The number of hydrogen-bond acceptors (Lipinski definition) is 6. The molecule has 0 aromatic heterocycles. The number of nitrogens with zero attached hydrogens (tertiary/aromatic N) is 1. The van der Waals surface area contributed by atoms with Gasteiger partial charge in [-0.25, -0.2) is 9.59 Å². The first-order valence-corrected chi connectivity index (χ1v) is 21.2. The van der Waals surface area contributed by atoms with Gasteiger partial charge in [0.2, 0.25) is 11.8 Å². The Bertz CT molecular complexity index is 1980. The maximum absolute atomic E-state index is 13.4. The number of hydrogen-bond donors (Lipinski definition) is 3. The summed E-state index contributed by atoms with van der Waals surface area (Å²) in [6.07, 6.45) is 6.71. The van der Waals surface area contributed by atoms with Crippen molar-refractivity contribution in [2.75, 3.05) is 32.8 Å². The number of ether oxygens (including phenoxy) is 2. The number of carbonyl (C=O) groups is 4. The smallest absolute Gasteiger partial charge is 0.410 e. The van der Waals surface area contributed by atoms with Crippen molar-refractivity contribution >= 4 is 24.0 Å². The van der Waals surface area contributed by atoms with Gasteiger partial charge in [-0.1, -0.05) is 103 Å². The number of benzene rings is 4. The largest absolute Gasteiger partial charge is 0.449 e. The third kappa shape index (κ3) is 9.72. The second-order valence-electron chi connectivity index (χ2n) is 15.8. The van der Waals surface area contributed by atoms with Gasteiger partial charge in [-0.2, -0.15) is 0 Å². The topological polar surface area (TPSA) is 126 Å². The van der Waals surface area contributed by atoms with Gasteiger partial charge in [-0.05, 0) is 103 Å². The van der Waals surface area contributed by atoms with Crippen LogP contribution < -0.4 is 16.0 Å². The number of fused-ring (bicyclic) bond motifs is 6. The van der Waals surface area contributed by atoms with Crippen molar-refractivity contribution in [3.8, 4) is 22.3 Å². The molecule has 3 N–H and O–H groups in total. The highest BCUT2D eigenvalue weighted by Gasteiger charge is 2.35. The Balaban J connectivity index is 0.727. The summed E-state index contributed by atoms with van der Waals surface area (Å²) in [6, 6.07) is 32.5. The van der Waals surface area contributed by atoms with E-state index in [2.05, 4.69) is 64.5 Å². The maximum Gasteiger partial charge on any atom is 0.410 e. The van der Waals surface area contributed by atoms with Crippen molar-refractivity contribution in [2.45, 2.75) is 95.1 Å². The van der Waals surface area contributed by atoms with Crippen LogP contribution in [-0.2, 0) is 19.1 Å². The van der Waals surface area contributed by atoms with Gasteiger partial charge in [0.25, 0.3) is 0 Å². The van der Waals surface area contributed by atoms with E-state index >= 15 is 0 Å². The number of alkyl carbamates (subject to hydrolysis) is 1. The van der Waals surface area contributed by atoms with E-state index in [0.717, 1.165) is 62.5 Å². The zero-order chi connectivity index (χ0) is 40.3. The number of likely N-dealkylation sites (tertiary alicyclic amines) is 1. The van der Waals surface area contributed by atoms with Crippen molar-refractivity contribution in [2.24, 2.45) is 0 Å². The molecule has 1 fully saturated rings.